The van der Waals surface area contributed by atoms with Crippen molar-refractivity contribution in [3.05, 3.63) is 65.7 Å². The van der Waals surface area contributed by atoms with Crippen LogP contribution >= 0.6 is 0 Å². The van der Waals surface area contributed by atoms with Gasteiger partial charge in [-0.1, -0.05) is 48.5 Å². The first-order valence-corrected chi connectivity index (χ1v) is 10.4. The summed E-state index contributed by atoms with van der Waals surface area (Å²) in [5, 5.41) is 6.07. The molecule has 154 valence electrons. The third kappa shape index (κ3) is 6.08. The molecule has 2 amide bonds. The van der Waals surface area contributed by atoms with E-state index in [0.29, 0.717) is 13.1 Å². The molecule has 29 heavy (non-hydrogen) atoms. The summed E-state index contributed by atoms with van der Waals surface area (Å²) in [4.78, 5) is 24.9. The van der Waals surface area contributed by atoms with Crippen LogP contribution in [-0.2, 0) is 22.6 Å². The Labute approximate surface area is 172 Å². The van der Waals surface area contributed by atoms with E-state index in [1.54, 1.807) is 7.11 Å². The molecule has 0 spiro atoms. The number of ether oxygens (including phenoxy) is 1. The highest BCUT2D eigenvalue weighted by Gasteiger charge is 2.29. The number of hydrogen-bond acceptors (Lipinski definition) is 3. The van der Waals surface area contributed by atoms with Gasteiger partial charge in [-0.15, -0.1) is 0 Å². The van der Waals surface area contributed by atoms with Gasteiger partial charge in [0, 0.05) is 24.9 Å². The van der Waals surface area contributed by atoms with Crippen LogP contribution in [0.4, 0.5) is 0 Å². The van der Waals surface area contributed by atoms with Crippen molar-refractivity contribution in [2.45, 2.75) is 38.6 Å². The largest absolute Gasteiger partial charge is 0.496 e. The van der Waals surface area contributed by atoms with Crippen LogP contribution in [0.2, 0.25) is 0 Å². The van der Waals surface area contributed by atoms with Crippen molar-refractivity contribution in [3.8, 4) is 5.75 Å². The number of amides is 2. The molecule has 0 aliphatic heterocycles. The van der Waals surface area contributed by atoms with E-state index in [1.165, 1.54) is 0 Å². The van der Waals surface area contributed by atoms with Crippen LogP contribution in [0.3, 0.4) is 0 Å². The van der Waals surface area contributed by atoms with Crippen molar-refractivity contribution < 1.29 is 14.3 Å². The second-order valence-corrected chi connectivity index (χ2v) is 7.60. The highest BCUT2D eigenvalue weighted by molar-refractivity contribution is 5.81. The van der Waals surface area contributed by atoms with Gasteiger partial charge in [0.15, 0.2) is 0 Å². The van der Waals surface area contributed by atoms with Crippen molar-refractivity contribution in [1.82, 2.24) is 10.6 Å². The number of para-hydroxylation sites is 1. The van der Waals surface area contributed by atoms with Gasteiger partial charge in [-0.25, -0.2) is 0 Å². The quantitative estimate of drug-likeness (QED) is 0.720. The first-order chi connectivity index (χ1) is 14.2. The predicted molar refractivity (Wildman–Crippen MR) is 113 cm³/mol. The lowest BCUT2D eigenvalue weighted by molar-refractivity contribution is -0.130. The van der Waals surface area contributed by atoms with E-state index in [-0.39, 0.29) is 23.7 Å². The highest BCUT2D eigenvalue weighted by atomic mass is 16.5. The third-order valence-corrected chi connectivity index (χ3v) is 5.66. The molecule has 0 radical (unpaired) electrons. The monoisotopic (exact) mass is 394 g/mol. The van der Waals surface area contributed by atoms with E-state index in [4.69, 9.17) is 4.74 Å². The molecule has 2 aromatic rings. The molecule has 1 fully saturated rings. The average Bonchev–Trinajstić information content (AvgIpc) is 2.78. The molecule has 2 aromatic carbocycles. The molecule has 1 saturated carbocycles. The average molecular weight is 395 g/mol. The number of benzene rings is 2. The Balaban J connectivity index is 1.37. The van der Waals surface area contributed by atoms with Crippen LogP contribution in [-0.4, -0.2) is 25.5 Å². The Hall–Kier alpha value is -2.82. The maximum absolute atomic E-state index is 12.5. The van der Waals surface area contributed by atoms with Crippen molar-refractivity contribution in [2.24, 2.45) is 11.8 Å². The zero-order valence-electron chi connectivity index (χ0n) is 17.0. The topological polar surface area (TPSA) is 67.4 Å². The lowest BCUT2D eigenvalue weighted by Gasteiger charge is -2.27. The molecule has 0 atom stereocenters. The zero-order valence-corrected chi connectivity index (χ0v) is 17.0. The molecule has 1 aliphatic carbocycles. The maximum atomic E-state index is 12.5. The van der Waals surface area contributed by atoms with Crippen LogP contribution < -0.4 is 15.4 Å². The summed E-state index contributed by atoms with van der Waals surface area (Å²) >= 11 is 0. The molecule has 5 nitrogen and oxygen atoms in total. The van der Waals surface area contributed by atoms with Gasteiger partial charge in [0.1, 0.15) is 5.75 Å². The smallest absolute Gasteiger partial charge is 0.223 e. The Bertz CT molecular complexity index is 799. The lowest BCUT2D eigenvalue weighted by Crippen LogP contribution is -2.37. The van der Waals surface area contributed by atoms with Gasteiger partial charge in [-0.2, -0.15) is 0 Å². The Morgan fingerprint density at radius 3 is 2.10 bits per heavy atom. The summed E-state index contributed by atoms with van der Waals surface area (Å²) in [5.74, 6) is 1.07. The second-order valence-electron chi connectivity index (χ2n) is 7.60. The van der Waals surface area contributed by atoms with Gasteiger partial charge >= 0.3 is 0 Å². The fraction of sp³-hybridized carbons (Fsp3) is 0.417. The van der Waals surface area contributed by atoms with Gasteiger partial charge < -0.3 is 15.4 Å². The number of rotatable bonds is 8. The van der Waals surface area contributed by atoms with Gasteiger partial charge in [0.25, 0.3) is 0 Å². The van der Waals surface area contributed by atoms with Crippen molar-refractivity contribution in [2.75, 3.05) is 13.7 Å². The first-order valence-electron chi connectivity index (χ1n) is 10.4. The number of carbonyl (C=O) groups is 2. The first kappa shape index (κ1) is 20.9. The summed E-state index contributed by atoms with van der Waals surface area (Å²) in [5.41, 5.74) is 2.19. The summed E-state index contributed by atoms with van der Waals surface area (Å²) in [6.07, 6.45) is 3.82. The van der Waals surface area contributed by atoms with E-state index in [2.05, 4.69) is 10.6 Å². The van der Waals surface area contributed by atoms with Gasteiger partial charge in [0.05, 0.1) is 7.11 Å². The third-order valence-electron chi connectivity index (χ3n) is 5.66. The molecular weight excluding hydrogens is 364 g/mol. The molecule has 0 bridgehead atoms. The molecule has 0 heterocycles. The summed E-state index contributed by atoms with van der Waals surface area (Å²) in [7, 11) is 1.66. The molecular formula is C24H30N2O3. The molecule has 5 heteroatoms. The van der Waals surface area contributed by atoms with E-state index in [1.807, 2.05) is 54.6 Å². The minimum Gasteiger partial charge on any atom is -0.496 e. The molecule has 0 unspecified atom stereocenters. The van der Waals surface area contributed by atoms with E-state index < -0.39 is 0 Å². The van der Waals surface area contributed by atoms with Crippen molar-refractivity contribution in [1.29, 1.82) is 0 Å². The second kappa shape index (κ2) is 10.6. The van der Waals surface area contributed by atoms with Crippen molar-refractivity contribution >= 4 is 11.8 Å². The van der Waals surface area contributed by atoms with Crippen LogP contribution in [0.5, 0.6) is 5.75 Å². The normalized spacial score (nSPS) is 18.7. The summed E-state index contributed by atoms with van der Waals surface area (Å²) < 4.78 is 5.35. The fourth-order valence-corrected chi connectivity index (χ4v) is 3.92. The predicted octanol–water partition coefficient (Wildman–Crippen LogP) is 3.48. The maximum Gasteiger partial charge on any atom is 0.223 e. The SMILES string of the molecule is COc1ccccc1CCNC(=O)C1CCC(C(=O)NCc2ccccc2)CC1. The minimum atomic E-state index is 0.00541. The molecule has 1 aliphatic rings. The van der Waals surface area contributed by atoms with E-state index >= 15 is 0 Å². The Morgan fingerprint density at radius 1 is 0.862 bits per heavy atom. The number of carbonyl (C=O) groups excluding carboxylic acids is 2. The number of nitrogens with one attached hydrogen (secondary N) is 2. The van der Waals surface area contributed by atoms with Gasteiger partial charge in [0.2, 0.25) is 11.8 Å². The highest BCUT2D eigenvalue weighted by Crippen LogP contribution is 2.29. The lowest BCUT2D eigenvalue weighted by atomic mass is 9.81. The summed E-state index contributed by atoms with van der Waals surface area (Å²) in [6, 6.07) is 17.8. The fourth-order valence-electron chi connectivity index (χ4n) is 3.92. The van der Waals surface area contributed by atoms with Crippen molar-refractivity contribution in [3.63, 3.8) is 0 Å². The zero-order chi connectivity index (χ0) is 20.5. The minimum absolute atomic E-state index is 0.00541. The molecule has 3 rings (SSSR count). The molecule has 0 saturated heterocycles. The van der Waals surface area contributed by atoms with Gasteiger partial charge in [-0.05, 0) is 49.3 Å². The number of hydrogen-bond donors (Lipinski definition) is 2. The van der Waals surface area contributed by atoms with Crippen LogP contribution in [0.25, 0.3) is 0 Å². The molecule has 0 aromatic heterocycles. The van der Waals surface area contributed by atoms with Crippen LogP contribution in [0, 0.1) is 11.8 Å². The van der Waals surface area contributed by atoms with Crippen LogP contribution in [0.1, 0.15) is 36.8 Å². The molecule has 2 N–H and O–H groups in total. The van der Waals surface area contributed by atoms with E-state index in [0.717, 1.165) is 49.0 Å². The van der Waals surface area contributed by atoms with Crippen LogP contribution in [0.15, 0.2) is 54.6 Å². The summed E-state index contributed by atoms with van der Waals surface area (Å²) in [6.45, 7) is 1.15. The number of methoxy groups -OCH3 is 1. The van der Waals surface area contributed by atoms with Gasteiger partial charge in [-0.3, -0.25) is 9.59 Å². The Morgan fingerprint density at radius 2 is 1.45 bits per heavy atom. The van der Waals surface area contributed by atoms with E-state index in [9.17, 15) is 9.59 Å². The standard InChI is InChI=1S/C24H30N2O3/c1-29-22-10-6-5-9-19(22)15-16-25-23(27)20-11-13-21(14-12-20)24(28)26-17-18-7-3-2-4-8-18/h2-10,20-21H,11-17H2,1H3,(H,25,27)(H,26,28). The Kier molecular flexibility index (Phi) is 7.68.